The number of sulfonamides is 1. The molecule has 1 aromatic carbocycles. The first-order valence-corrected chi connectivity index (χ1v) is 9.22. The van der Waals surface area contributed by atoms with Gasteiger partial charge < -0.3 is 5.32 Å². The van der Waals surface area contributed by atoms with Gasteiger partial charge in [0.05, 0.1) is 4.90 Å². The first kappa shape index (κ1) is 18.1. The van der Waals surface area contributed by atoms with Gasteiger partial charge in [-0.15, -0.1) is 0 Å². The second-order valence-electron chi connectivity index (χ2n) is 5.63. The molecule has 1 aromatic rings. The van der Waals surface area contributed by atoms with E-state index in [1.165, 1.54) is 0 Å². The molecule has 0 amide bonds. The van der Waals surface area contributed by atoms with Crippen molar-refractivity contribution in [2.45, 2.75) is 63.9 Å². The lowest BCUT2D eigenvalue weighted by Gasteiger charge is -2.19. The topological polar surface area (TPSA) is 58.2 Å². The summed E-state index contributed by atoms with van der Waals surface area (Å²) in [6.45, 7) is 8.78. The first-order chi connectivity index (χ1) is 9.90. The van der Waals surface area contributed by atoms with Crippen molar-refractivity contribution in [3.63, 3.8) is 0 Å². The van der Waals surface area contributed by atoms with Crippen molar-refractivity contribution in [3.05, 3.63) is 29.8 Å². The zero-order valence-electron chi connectivity index (χ0n) is 13.5. The van der Waals surface area contributed by atoms with Crippen molar-refractivity contribution < 1.29 is 8.42 Å². The lowest BCUT2D eigenvalue weighted by Crippen LogP contribution is -2.33. The normalized spacial score (nSPS) is 13.6. The SMILES string of the molecule is CCCC(Cc1ccccc1S(=O)(=O)NC(C)C)NCC. The minimum atomic E-state index is -3.44. The van der Waals surface area contributed by atoms with E-state index in [2.05, 4.69) is 23.9 Å². The summed E-state index contributed by atoms with van der Waals surface area (Å²) in [5, 5.41) is 3.44. The lowest BCUT2D eigenvalue weighted by atomic mass is 10.0. The molecule has 0 aliphatic heterocycles. The third kappa shape index (κ3) is 5.77. The number of likely N-dealkylation sites (N-methyl/N-ethyl adjacent to an activating group) is 1. The Morgan fingerprint density at radius 2 is 1.81 bits per heavy atom. The average Bonchev–Trinajstić information content (AvgIpc) is 2.38. The summed E-state index contributed by atoms with van der Waals surface area (Å²) in [7, 11) is -3.44. The van der Waals surface area contributed by atoms with Crippen LogP contribution in [0.5, 0.6) is 0 Å². The Balaban J connectivity index is 3.03. The van der Waals surface area contributed by atoms with Crippen LogP contribution in [-0.4, -0.2) is 27.0 Å². The predicted octanol–water partition coefficient (Wildman–Crippen LogP) is 2.69. The van der Waals surface area contributed by atoms with Crippen molar-refractivity contribution >= 4 is 10.0 Å². The molecule has 0 spiro atoms. The maximum atomic E-state index is 12.4. The smallest absolute Gasteiger partial charge is 0.241 e. The molecule has 1 rings (SSSR count). The van der Waals surface area contributed by atoms with Crippen LogP contribution in [0.1, 0.15) is 46.1 Å². The molecule has 0 saturated heterocycles. The van der Waals surface area contributed by atoms with Gasteiger partial charge in [0, 0.05) is 12.1 Å². The fourth-order valence-corrected chi connectivity index (χ4v) is 3.99. The monoisotopic (exact) mass is 312 g/mol. The first-order valence-electron chi connectivity index (χ1n) is 7.74. The van der Waals surface area contributed by atoms with Crippen LogP contribution in [-0.2, 0) is 16.4 Å². The number of nitrogens with one attached hydrogen (secondary N) is 2. The fraction of sp³-hybridized carbons (Fsp3) is 0.625. The van der Waals surface area contributed by atoms with Gasteiger partial charge in [-0.25, -0.2) is 13.1 Å². The quantitative estimate of drug-likeness (QED) is 0.737. The molecule has 5 heteroatoms. The summed E-state index contributed by atoms with van der Waals surface area (Å²) >= 11 is 0. The molecule has 1 unspecified atom stereocenters. The van der Waals surface area contributed by atoms with Crippen LogP contribution in [0.2, 0.25) is 0 Å². The minimum Gasteiger partial charge on any atom is -0.314 e. The fourth-order valence-electron chi connectivity index (χ4n) is 2.49. The van der Waals surface area contributed by atoms with Gasteiger partial charge in [-0.2, -0.15) is 0 Å². The van der Waals surface area contributed by atoms with Crippen LogP contribution >= 0.6 is 0 Å². The van der Waals surface area contributed by atoms with Crippen molar-refractivity contribution in [1.29, 1.82) is 0 Å². The summed E-state index contributed by atoms with van der Waals surface area (Å²) in [6.07, 6.45) is 2.85. The van der Waals surface area contributed by atoms with Crippen molar-refractivity contribution in [3.8, 4) is 0 Å². The summed E-state index contributed by atoms with van der Waals surface area (Å²) < 4.78 is 27.5. The zero-order chi connectivity index (χ0) is 15.9. The van der Waals surface area contributed by atoms with Gasteiger partial charge in [0.1, 0.15) is 0 Å². The zero-order valence-corrected chi connectivity index (χ0v) is 14.3. The highest BCUT2D eigenvalue weighted by Crippen LogP contribution is 2.18. The van der Waals surface area contributed by atoms with Crippen molar-refractivity contribution in [1.82, 2.24) is 10.0 Å². The molecule has 0 fully saturated rings. The molecule has 1 atom stereocenters. The number of benzene rings is 1. The molecule has 21 heavy (non-hydrogen) atoms. The van der Waals surface area contributed by atoms with Crippen LogP contribution in [0.3, 0.4) is 0 Å². The highest BCUT2D eigenvalue weighted by atomic mass is 32.2. The van der Waals surface area contributed by atoms with E-state index in [9.17, 15) is 8.42 Å². The van der Waals surface area contributed by atoms with Crippen molar-refractivity contribution in [2.24, 2.45) is 0 Å². The van der Waals surface area contributed by atoms with E-state index in [0.29, 0.717) is 10.9 Å². The Bertz CT molecular complexity index is 521. The van der Waals surface area contributed by atoms with E-state index in [0.717, 1.165) is 31.4 Å². The Kier molecular flexibility index (Phi) is 7.35. The molecule has 0 aliphatic carbocycles. The lowest BCUT2D eigenvalue weighted by molar-refractivity contribution is 0.482. The molecule has 4 nitrogen and oxygen atoms in total. The van der Waals surface area contributed by atoms with E-state index < -0.39 is 10.0 Å². The van der Waals surface area contributed by atoms with Crippen LogP contribution in [0.25, 0.3) is 0 Å². The standard InChI is InChI=1S/C16H28N2O2S/c1-5-9-15(17-6-2)12-14-10-7-8-11-16(14)21(19,20)18-13(3)4/h7-8,10-11,13,15,17-18H,5-6,9,12H2,1-4H3. The Morgan fingerprint density at radius 1 is 1.14 bits per heavy atom. The van der Waals surface area contributed by atoms with Crippen molar-refractivity contribution in [2.75, 3.05) is 6.54 Å². The van der Waals surface area contributed by atoms with E-state index in [1.807, 2.05) is 26.0 Å². The molecule has 0 radical (unpaired) electrons. The van der Waals surface area contributed by atoms with E-state index >= 15 is 0 Å². The summed E-state index contributed by atoms with van der Waals surface area (Å²) in [6, 6.07) is 7.49. The number of hydrogen-bond donors (Lipinski definition) is 2. The molecule has 120 valence electrons. The van der Waals surface area contributed by atoms with E-state index in [4.69, 9.17) is 0 Å². The Labute approximate surface area is 129 Å². The van der Waals surface area contributed by atoms with Crippen LogP contribution in [0.15, 0.2) is 29.2 Å². The Hall–Kier alpha value is -0.910. The summed E-state index contributed by atoms with van der Waals surface area (Å²) in [4.78, 5) is 0.401. The molecule has 0 bridgehead atoms. The second-order valence-corrected chi connectivity index (χ2v) is 7.31. The van der Waals surface area contributed by atoms with Gasteiger partial charge >= 0.3 is 0 Å². The third-order valence-electron chi connectivity index (χ3n) is 3.25. The van der Waals surface area contributed by atoms with E-state index in [1.54, 1.807) is 12.1 Å². The van der Waals surface area contributed by atoms with Gasteiger partial charge in [0.15, 0.2) is 0 Å². The second kappa shape index (κ2) is 8.51. The average molecular weight is 312 g/mol. The molecular weight excluding hydrogens is 284 g/mol. The largest absolute Gasteiger partial charge is 0.314 e. The predicted molar refractivity (Wildman–Crippen MR) is 88.0 cm³/mol. The van der Waals surface area contributed by atoms with Crippen LogP contribution in [0.4, 0.5) is 0 Å². The third-order valence-corrected chi connectivity index (χ3v) is 5.01. The molecule has 2 N–H and O–H groups in total. The van der Waals surface area contributed by atoms with Gasteiger partial charge in [0.25, 0.3) is 0 Å². The van der Waals surface area contributed by atoms with Gasteiger partial charge in [-0.05, 0) is 44.9 Å². The number of rotatable bonds is 9. The van der Waals surface area contributed by atoms with Gasteiger partial charge in [-0.3, -0.25) is 0 Å². The molecule has 0 saturated carbocycles. The van der Waals surface area contributed by atoms with E-state index in [-0.39, 0.29) is 6.04 Å². The molecular formula is C16H28N2O2S. The molecule has 0 aromatic heterocycles. The highest BCUT2D eigenvalue weighted by molar-refractivity contribution is 7.89. The Morgan fingerprint density at radius 3 is 2.38 bits per heavy atom. The number of hydrogen-bond acceptors (Lipinski definition) is 3. The summed E-state index contributed by atoms with van der Waals surface area (Å²) in [5.41, 5.74) is 0.880. The van der Waals surface area contributed by atoms with Gasteiger partial charge in [0.2, 0.25) is 10.0 Å². The maximum absolute atomic E-state index is 12.4. The minimum absolute atomic E-state index is 0.108. The van der Waals surface area contributed by atoms with Crippen LogP contribution in [0, 0.1) is 0 Å². The highest BCUT2D eigenvalue weighted by Gasteiger charge is 2.20. The molecule has 0 aliphatic rings. The maximum Gasteiger partial charge on any atom is 0.241 e. The molecule has 0 heterocycles. The summed E-state index contributed by atoms with van der Waals surface area (Å²) in [5.74, 6) is 0. The van der Waals surface area contributed by atoms with Crippen LogP contribution < -0.4 is 10.0 Å². The van der Waals surface area contributed by atoms with Gasteiger partial charge in [-0.1, -0.05) is 38.5 Å².